The molecule has 3 amide bonds. The van der Waals surface area contributed by atoms with E-state index in [1.807, 2.05) is 36.4 Å². The van der Waals surface area contributed by atoms with Crippen molar-refractivity contribution in [1.29, 1.82) is 0 Å². The molecule has 1 atom stereocenters. The van der Waals surface area contributed by atoms with Crippen LogP contribution in [0.3, 0.4) is 0 Å². The Morgan fingerprint density at radius 1 is 1.06 bits per heavy atom. The zero-order valence-electron chi connectivity index (χ0n) is 19.1. The van der Waals surface area contributed by atoms with Crippen molar-refractivity contribution in [1.82, 2.24) is 19.7 Å². The van der Waals surface area contributed by atoms with Gasteiger partial charge in [0.05, 0.1) is 32.9 Å². The van der Waals surface area contributed by atoms with Crippen molar-refractivity contribution in [2.45, 2.75) is 19.3 Å². The Morgan fingerprint density at radius 3 is 2.50 bits per heavy atom. The van der Waals surface area contributed by atoms with Crippen LogP contribution in [0.1, 0.15) is 11.1 Å². The molecule has 0 bridgehead atoms. The highest BCUT2D eigenvalue weighted by Crippen LogP contribution is 2.17. The van der Waals surface area contributed by atoms with E-state index in [1.54, 1.807) is 24.4 Å². The summed E-state index contributed by atoms with van der Waals surface area (Å²) in [6, 6.07) is 11.2. The first-order valence-electron chi connectivity index (χ1n) is 11.1. The molecule has 2 aliphatic rings. The lowest BCUT2D eigenvalue weighted by Gasteiger charge is -2.25. The number of benzene rings is 1. The quantitative estimate of drug-likeness (QED) is 0.576. The Kier molecular flexibility index (Phi) is 7.58. The minimum atomic E-state index is -0.513. The highest BCUT2D eigenvalue weighted by Gasteiger charge is 2.33. The third-order valence-corrected chi connectivity index (χ3v) is 5.82. The van der Waals surface area contributed by atoms with E-state index in [2.05, 4.69) is 4.98 Å². The van der Waals surface area contributed by atoms with Crippen LogP contribution >= 0.6 is 0 Å². The Labute approximate surface area is 198 Å². The largest absolute Gasteiger partial charge is 0.497 e. The van der Waals surface area contributed by atoms with E-state index in [0.29, 0.717) is 26.2 Å². The van der Waals surface area contributed by atoms with Gasteiger partial charge in [-0.15, -0.1) is 0 Å². The highest BCUT2D eigenvalue weighted by atomic mass is 16.6. The van der Waals surface area contributed by atoms with Crippen molar-refractivity contribution in [3.8, 4) is 5.75 Å². The smallest absolute Gasteiger partial charge is 0.410 e. The second-order valence-electron chi connectivity index (χ2n) is 8.22. The monoisotopic (exact) mass is 468 g/mol. The molecule has 2 aliphatic heterocycles. The summed E-state index contributed by atoms with van der Waals surface area (Å²) in [6.07, 6.45) is 2.47. The highest BCUT2D eigenvalue weighted by molar-refractivity contribution is 5.88. The second kappa shape index (κ2) is 11.0. The van der Waals surface area contributed by atoms with Gasteiger partial charge in [-0.25, -0.2) is 4.79 Å². The maximum atomic E-state index is 13.1. The Bertz CT molecular complexity index is 1000. The molecule has 3 heterocycles. The standard InChI is InChI=1S/C24H28N4O6/c1-32-20-4-2-18(3-5-20)12-27-13-21(34-17-19-6-8-25-9-7-19)14-28(16-23(27)30)22(29)15-26-10-11-33-24(26)31/h2-9,21H,10-17H2,1H3/t21-/m1/s1. The van der Waals surface area contributed by atoms with Crippen LogP contribution in [0.2, 0.25) is 0 Å². The van der Waals surface area contributed by atoms with Gasteiger partial charge in [0.25, 0.3) is 0 Å². The Balaban J connectivity index is 1.47. The molecule has 0 spiro atoms. The van der Waals surface area contributed by atoms with Crippen molar-refractivity contribution in [2.75, 3.05) is 46.4 Å². The summed E-state index contributed by atoms with van der Waals surface area (Å²) in [5, 5.41) is 0. The predicted octanol–water partition coefficient (Wildman–Crippen LogP) is 1.30. The first kappa shape index (κ1) is 23.5. The number of ether oxygens (including phenoxy) is 3. The molecule has 1 aromatic heterocycles. The van der Waals surface area contributed by atoms with Gasteiger partial charge in [-0.2, -0.15) is 0 Å². The fourth-order valence-corrected chi connectivity index (χ4v) is 3.90. The number of nitrogens with zero attached hydrogens (tertiary/aromatic N) is 4. The number of hydrogen-bond acceptors (Lipinski definition) is 7. The van der Waals surface area contributed by atoms with Gasteiger partial charge in [0.1, 0.15) is 18.9 Å². The van der Waals surface area contributed by atoms with Gasteiger partial charge in [0.15, 0.2) is 0 Å². The fourth-order valence-electron chi connectivity index (χ4n) is 3.90. The van der Waals surface area contributed by atoms with Crippen LogP contribution in [0.4, 0.5) is 4.79 Å². The van der Waals surface area contributed by atoms with E-state index in [1.165, 1.54) is 9.80 Å². The molecule has 2 fully saturated rings. The zero-order chi connectivity index (χ0) is 23.9. The summed E-state index contributed by atoms with van der Waals surface area (Å²) in [7, 11) is 1.60. The Hall–Kier alpha value is -3.66. The molecule has 4 rings (SSSR count). The van der Waals surface area contributed by atoms with E-state index in [0.717, 1.165) is 16.9 Å². The number of amides is 3. The van der Waals surface area contributed by atoms with E-state index in [-0.39, 0.29) is 38.1 Å². The molecular weight excluding hydrogens is 440 g/mol. The van der Waals surface area contributed by atoms with E-state index < -0.39 is 12.2 Å². The van der Waals surface area contributed by atoms with Crippen LogP contribution in [0.25, 0.3) is 0 Å². The normalized spacial score (nSPS) is 18.6. The van der Waals surface area contributed by atoms with Crippen molar-refractivity contribution < 1.29 is 28.6 Å². The number of hydrogen-bond donors (Lipinski definition) is 0. The maximum absolute atomic E-state index is 13.1. The second-order valence-corrected chi connectivity index (χ2v) is 8.22. The van der Waals surface area contributed by atoms with Crippen LogP contribution in [-0.2, 0) is 32.2 Å². The summed E-state index contributed by atoms with van der Waals surface area (Å²) in [5.74, 6) is 0.251. The zero-order valence-corrected chi connectivity index (χ0v) is 19.1. The molecule has 0 N–H and O–H groups in total. The molecule has 0 unspecified atom stereocenters. The first-order chi connectivity index (χ1) is 16.5. The lowest BCUT2D eigenvalue weighted by atomic mass is 10.2. The number of carbonyl (C=O) groups is 3. The van der Waals surface area contributed by atoms with E-state index >= 15 is 0 Å². The van der Waals surface area contributed by atoms with Crippen LogP contribution in [-0.4, -0.2) is 90.1 Å². The summed E-state index contributed by atoms with van der Waals surface area (Å²) < 4.78 is 16.3. The summed E-state index contributed by atoms with van der Waals surface area (Å²) in [4.78, 5) is 46.4. The molecule has 0 aliphatic carbocycles. The molecular formula is C24H28N4O6. The third-order valence-electron chi connectivity index (χ3n) is 5.82. The van der Waals surface area contributed by atoms with Crippen LogP contribution in [0.15, 0.2) is 48.8 Å². The molecule has 2 aromatic rings. The fraction of sp³-hybridized carbons (Fsp3) is 0.417. The van der Waals surface area contributed by atoms with Gasteiger partial charge >= 0.3 is 6.09 Å². The topological polar surface area (TPSA) is 102 Å². The number of rotatable bonds is 8. The van der Waals surface area contributed by atoms with Crippen molar-refractivity contribution in [2.24, 2.45) is 0 Å². The summed E-state index contributed by atoms with van der Waals surface area (Å²) >= 11 is 0. The third kappa shape index (κ3) is 6.02. The Morgan fingerprint density at radius 2 is 1.82 bits per heavy atom. The van der Waals surface area contributed by atoms with Gasteiger partial charge in [0.2, 0.25) is 11.8 Å². The van der Waals surface area contributed by atoms with Crippen LogP contribution < -0.4 is 4.74 Å². The number of aromatic nitrogens is 1. The number of cyclic esters (lactones) is 1. The van der Waals surface area contributed by atoms with Gasteiger partial charge < -0.3 is 24.0 Å². The minimum Gasteiger partial charge on any atom is -0.497 e. The number of methoxy groups -OCH3 is 1. The first-order valence-corrected chi connectivity index (χ1v) is 11.1. The molecule has 0 saturated carbocycles. The molecule has 10 heteroatoms. The number of pyridine rings is 1. The molecule has 2 saturated heterocycles. The minimum absolute atomic E-state index is 0.0764. The van der Waals surface area contributed by atoms with Gasteiger partial charge in [-0.1, -0.05) is 12.1 Å². The molecule has 1 aromatic carbocycles. The maximum Gasteiger partial charge on any atom is 0.410 e. The van der Waals surface area contributed by atoms with Crippen molar-refractivity contribution >= 4 is 17.9 Å². The van der Waals surface area contributed by atoms with Gasteiger partial charge in [-0.05, 0) is 35.4 Å². The van der Waals surface area contributed by atoms with Crippen molar-refractivity contribution in [3.63, 3.8) is 0 Å². The van der Waals surface area contributed by atoms with Crippen molar-refractivity contribution in [3.05, 3.63) is 59.9 Å². The average Bonchev–Trinajstić information content (AvgIpc) is 3.18. The lowest BCUT2D eigenvalue weighted by Crippen LogP contribution is -2.45. The summed E-state index contributed by atoms with van der Waals surface area (Å²) in [5.41, 5.74) is 1.89. The predicted molar refractivity (Wildman–Crippen MR) is 121 cm³/mol. The van der Waals surface area contributed by atoms with Gasteiger partial charge in [-0.3, -0.25) is 19.5 Å². The summed E-state index contributed by atoms with van der Waals surface area (Å²) in [6.45, 7) is 1.73. The number of carbonyl (C=O) groups excluding carboxylic acids is 3. The van der Waals surface area contributed by atoms with Gasteiger partial charge in [0, 0.05) is 32.0 Å². The van der Waals surface area contributed by atoms with E-state index in [9.17, 15) is 14.4 Å². The lowest BCUT2D eigenvalue weighted by molar-refractivity contribution is -0.139. The average molecular weight is 469 g/mol. The SMILES string of the molecule is COc1ccc(CN2C[C@@H](OCc3ccncc3)CN(C(=O)CN3CCOC3=O)CC2=O)cc1. The van der Waals surface area contributed by atoms with Crippen LogP contribution in [0, 0.1) is 0 Å². The molecule has 0 radical (unpaired) electrons. The van der Waals surface area contributed by atoms with Crippen LogP contribution in [0.5, 0.6) is 5.75 Å². The van der Waals surface area contributed by atoms with E-state index in [4.69, 9.17) is 14.2 Å². The molecule has 180 valence electrons. The molecule has 10 nitrogen and oxygen atoms in total. The molecule has 34 heavy (non-hydrogen) atoms.